The standard InChI is InChI=1S/C19H32N2O6S/c1-18(2,3)20-15(22)11-19(8-5-6-9-19)17(24)27-12-16(23)21(4)14-7-10-28(25,26)13-14/h14H,5-13H2,1-4H3,(H,20,22). The van der Waals surface area contributed by atoms with Crippen molar-refractivity contribution in [3.8, 4) is 0 Å². The summed E-state index contributed by atoms with van der Waals surface area (Å²) in [6.45, 7) is 5.20. The fraction of sp³-hybridized carbons (Fsp3) is 0.842. The minimum absolute atomic E-state index is 0.0496. The monoisotopic (exact) mass is 416 g/mol. The van der Waals surface area contributed by atoms with Crippen molar-refractivity contribution in [1.82, 2.24) is 10.2 Å². The average molecular weight is 417 g/mol. The molecule has 0 aromatic rings. The van der Waals surface area contributed by atoms with Gasteiger partial charge in [0.25, 0.3) is 5.91 Å². The molecule has 2 aliphatic rings. The molecule has 1 atom stereocenters. The maximum Gasteiger partial charge on any atom is 0.313 e. The lowest BCUT2D eigenvalue weighted by Crippen LogP contribution is -2.45. The van der Waals surface area contributed by atoms with E-state index in [9.17, 15) is 22.8 Å². The number of ether oxygens (including phenoxy) is 1. The summed E-state index contributed by atoms with van der Waals surface area (Å²) in [5.41, 5.74) is -1.27. The lowest BCUT2D eigenvalue weighted by Gasteiger charge is -2.29. The number of nitrogens with zero attached hydrogens (tertiary/aromatic N) is 1. The van der Waals surface area contributed by atoms with E-state index in [1.165, 1.54) is 11.9 Å². The normalized spacial score (nSPS) is 23.2. The number of esters is 1. The summed E-state index contributed by atoms with van der Waals surface area (Å²) in [6, 6.07) is -0.380. The number of hydrogen-bond acceptors (Lipinski definition) is 6. The molecule has 8 nitrogen and oxygen atoms in total. The Bertz CT molecular complexity index is 719. The highest BCUT2D eigenvalue weighted by Crippen LogP contribution is 2.42. The van der Waals surface area contributed by atoms with E-state index in [1.54, 1.807) is 0 Å². The van der Waals surface area contributed by atoms with E-state index in [0.717, 1.165) is 12.8 Å². The minimum Gasteiger partial charge on any atom is -0.455 e. The third-order valence-corrected chi connectivity index (χ3v) is 7.23. The molecule has 0 aromatic carbocycles. The van der Waals surface area contributed by atoms with Crippen molar-refractivity contribution in [1.29, 1.82) is 0 Å². The molecule has 9 heteroatoms. The van der Waals surface area contributed by atoms with Gasteiger partial charge in [0.1, 0.15) is 0 Å². The molecule has 2 rings (SSSR count). The summed E-state index contributed by atoms with van der Waals surface area (Å²) < 4.78 is 28.5. The van der Waals surface area contributed by atoms with Crippen LogP contribution in [0.25, 0.3) is 0 Å². The molecule has 1 saturated heterocycles. The van der Waals surface area contributed by atoms with Crippen LogP contribution in [0.3, 0.4) is 0 Å². The predicted molar refractivity (Wildman–Crippen MR) is 104 cm³/mol. The first kappa shape index (κ1) is 22.6. The van der Waals surface area contributed by atoms with Crippen molar-refractivity contribution in [2.45, 2.75) is 70.9 Å². The third kappa shape index (κ3) is 5.93. The van der Waals surface area contributed by atoms with Crippen LogP contribution >= 0.6 is 0 Å². The van der Waals surface area contributed by atoms with E-state index in [0.29, 0.717) is 19.3 Å². The summed E-state index contributed by atoms with van der Waals surface area (Å²) in [4.78, 5) is 38.8. The average Bonchev–Trinajstić information content (AvgIpc) is 3.16. The van der Waals surface area contributed by atoms with Gasteiger partial charge in [-0.1, -0.05) is 12.8 Å². The van der Waals surface area contributed by atoms with Gasteiger partial charge in [0.05, 0.1) is 16.9 Å². The van der Waals surface area contributed by atoms with Gasteiger partial charge in [-0.25, -0.2) is 8.42 Å². The zero-order chi connectivity index (χ0) is 21.2. The second-order valence-corrected chi connectivity index (χ2v) is 11.3. The van der Waals surface area contributed by atoms with Crippen molar-refractivity contribution in [3.05, 3.63) is 0 Å². The molecule has 0 radical (unpaired) electrons. The molecule has 1 saturated carbocycles. The Labute approximate surface area is 167 Å². The molecule has 160 valence electrons. The maximum atomic E-state index is 12.8. The summed E-state index contributed by atoms with van der Waals surface area (Å²) in [5, 5.41) is 2.87. The van der Waals surface area contributed by atoms with Crippen molar-refractivity contribution in [3.63, 3.8) is 0 Å². The zero-order valence-corrected chi connectivity index (χ0v) is 18.1. The van der Waals surface area contributed by atoms with Gasteiger partial charge in [0.15, 0.2) is 16.4 Å². The maximum absolute atomic E-state index is 12.8. The highest BCUT2D eigenvalue weighted by atomic mass is 32.2. The van der Waals surface area contributed by atoms with Crippen LogP contribution in [0.2, 0.25) is 0 Å². The van der Waals surface area contributed by atoms with E-state index >= 15 is 0 Å². The van der Waals surface area contributed by atoms with Gasteiger partial charge in [0.2, 0.25) is 5.91 Å². The number of rotatable bonds is 6. The molecule has 1 aliphatic heterocycles. The molecule has 0 aromatic heterocycles. The topological polar surface area (TPSA) is 110 Å². The Balaban J connectivity index is 1.93. The quantitative estimate of drug-likeness (QED) is 0.648. The zero-order valence-electron chi connectivity index (χ0n) is 17.2. The third-order valence-electron chi connectivity index (χ3n) is 5.48. The Kier molecular flexibility index (Phi) is 6.78. The lowest BCUT2D eigenvalue weighted by molar-refractivity contribution is -0.162. The molecule has 1 N–H and O–H groups in total. The number of hydrogen-bond donors (Lipinski definition) is 1. The van der Waals surface area contributed by atoms with E-state index in [4.69, 9.17) is 4.74 Å². The van der Waals surface area contributed by atoms with Crippen LogP contribution < -0.4 is 5.32 Å². The molecule has 2 amide bonds. The highest BCUT2D eigenvalue weighted by molar-refractivity contribution is 7.91. The van der Waals surface area contributed by atoms with Gasteiger partial charge < -0.3 is 15.0 Å². The number of amides is 2. The lowest BCUT2D eigenvalue weighted by atomic mass is 9.82. The molecular formula is C19H32N2O6S. The molecule has 1 unspecified atom stereocenters. The molecule has 0 spiro atoms. The van der Waals surface area contributed by atoms with Gasteiger partial charge >= 0.3 is 5.97 Å². The van der Waals surface area contributed by atoms with Crippen LogP contribution in [0.4, 0.5) is 0 Å². The summed E-state index contributed by atoms with van der Waals surface area (Å²) >= 11 is 0. The minimum atomic E-state index is -3.10. The SMILES string of the molecule is CN(C(=O)COC(=O)C1(CC(=O)NC(C)(C)C)CCCC1)C1CCS(=O)(=O)C1. The smallest absolute Gasteiger partial charge is 0.313 e. The van der Waals surface area contributed by atoms with Gasteiger partial charge in [-0.15, -0.1) is 0 Å². The van der Waals surface area contributed by atoms with E-state index < -0.39 is 33.7 Å². The number of likely N-dealkylation sites (N-methyl/N-ethyl adjacent to an activating group) is 1. The largest absolute Gasteiger partial charge is 0.455 e. The second-order valence-electron chi connectivity index (χ2n) is 9.10. The van der Waals surface area contributed by atoms with Crippen LogP contribution in [0, 0.1) is 5.41 Å². The van der Waals surface area contributed by atoms with E-state index in [-0.39, 0.29) is 35.4 Å². The number of sulfone groups is 1. The predicted octanol–water partition coefficient (Wildman–Crippen LogP) is 1.04. The molecule has 0 bridgehead atoms. The van der Waals surface area contributed by atoms with Crippen molar-refractivity contribution in [2.75, 3.05) is 25.2 Å². The fourth-order valence-corrected chi connectivity index (χ4v) is 5.72. The highest BCUT2D eigenvalue weighted by Gasteiger charge is 2.45. The first-order chi connectivity index (χ1) is 12.8. The summed E-state index contributed by atoms with van der Waals surface area (Å²) in [6.07, 6.45) is 3.25. The number of nitrogens with one attached hydrogen (secondary N) is 1. The number of carbonyl (C=O) groups is 3. The van der Waals surface area contributed by atoms with E-state index in [1.807, 2.05) is 20.8 Å². The Morgan fingerprint density at radius 2 is 1.79 bits per heavy atom. The molecule has 28 heavy (non-hydrogen) atoms. The van der Waals surface area contributed by atoms with Crippen LogP contribution in [-0.4, -0.2) is 67.8 Å². The van der Waals surface area contributed by atoms with Gasteiger partial charge in [0, 0.05) is 25.0 Å². The van der Waals surface area contributed by atoms with Gasteiger partial charge in [-0.05, 0) is 40.0 Å². The van der Waals surface area contributed by atoms with Crippen LogP contribution in [0.5, 0.6) is 0 Å². The van der Waals surface area contributed by atoms with Crippen molar-refractivity contribution >= 4 is 27.6 Å². The Morgan fingerprint density at radius 3 is 2.29 bits per heavy atom. The molecule has 1 heterocycles. The van der Waals surface area contributed by atoms with Crippen molar-refractivity contribution < 1.29 is 27.5 Å². The first-order valence-corrected chi connectivity index (χ1v) is 11.6. The van der Waals surface area contributed by atoms with Gasteiger partial charge in [-0.3, -0.25) is 14.4 Å². The van der Waals surface area contributed by atoms with Crippen LogP contribution in [0.1, 0.15) is 59.3 Å². The second kappa shape index (κ2) is 8.39. The Morgan fingerprint density at radius 1 is 1.18 bits per heavy atom. The van der Waals surface area contributed by atoms with Gasteiger partial charge in [-0.2, -0.15) is 0 Å². The molecular weight excluding hydrogens is 384 g/mol. The summed E-state index contributed by atoms with van der Waals surface area (Å²) in [5.74, 6) is -1.13. The molecule has 2 fully saturated rings. The van der Waals surface area contributed by atoms with Crippen molar-refractivity contribution in [2.24, 2.45) is 5.41 Å². The number of carbonyl (C=O) groups excluding carboxylic acids is 3. The molecule has 1 aliphatic carbocycles. The van der Waals surface area contributed by atoms with Crippen LogP contribution in [-0.2, 0) is 29.0 Å². The first-order valence-electron chi connectivity index (χ1n) is 9.78. The Hall–Kier alpha value is -1.64. The summed E-state index contributed by atoms with van der Waals surface area (Å²) in [7, 11) is -1.57. The fourth-order valence-electron chi connectivity index (χ4n) is 3.94. The van der Waals surface area contributed by atoms with E-state index in [2.05, 4.69) is 5.32 Å². The van der Waals surface area contributed by atoms with Crippen LogP contribution in [0.15, 0.2) is 0 Å².